The molecule has 0 saturated heterocycles. The molecule has 2 aromatic carbocycles. The van der Waals surface area contributed by atoms with Crippen LogP contribution in [0.2, 0.25) is 10.0 Å². The zero-order valence-corrected chi connectivity index (χ0v) is 21.3. The van der Waals surface area contributed by atoms with Crippen molar-refractivity contribution in [2.75, 3.05) is 12.0 Å². The van der Waals surface area contributed by atoms with E-state index in [9.17, 15) is 4.79 Å². The quantitative estimate of drug-likeness (QED) is 0.295. The van der Waals surface area contributed by atoms with Gasteiger partial charge in [-0.25, -0.2) is 4.98 Å². The number of hydrogen-bond acceptors (Lipinski definition) is 4. The van der Waals surface area contributed by atoms with Gasteiger partial charge in [0.2, 0.25) is 0 Å². The molecule has 35 heavy (non-hydrogen) atoms. The van der Waals surface area contributed by atoms with E-state index in [1.165, 1.54) is 0 Å². The van der Waals surface area contributed by atoms with Gasteiger partial charge in [-0.05, 0) is 56.7 Å². The number of methoxy groups -OCH3 is 1. The van der Waals surface area contributed by atoms with Crippen LogP contribution in [0.4, 0.5) is 5.69 Å². The van der Waals surface area contributed by atoms with Gasteiger partial charge in [-0.3, -0.25) is 14.7 Å². The number of pyridine rings is 1. The first-order valence-electron chi connectivity index (χ1n) is 11.3. The summed E-state index contributed by atoms with van der Waals surface area (Å²) >= 11 is 12.4. The molecule has 0 radical (unpaired) electrons. The monoisotopic (exact) mass is 506 g/mol. The third kappa shape index (κ3) is 3.97. The van der Waals surface area contributed by atoms with Crippen LogP contribution in [0, 0.1) is 6.92 Å². The Balaban J connectivity index is 1.79. The largest absolute Gasteiger partial charge is 0.496 e. The number of fused-ring (bicyclic) bond motifs is 1. The summed E-state index contributed by atoms with van der Waals surface area (Å²) in [6.45, 7) is 6.19. The Morgan fingerprint density at radius 1 is 1.00 bits per heavy atom. The SMILES string of the molecule is COc1ccc(C)cc1-c1nc2c(n1C(C)C)C(c1ccc(Cl)cc1)N(c1cncc(Cl)c1)C2=O. The van der Waals surface area contributed by atoms with Crippen LogP contribution < -0.4 is 9.64 Å². The fourth-order valence-electron chi connectivity index (χ4n) is 4.68. The number of halogens is 2. The van der Waals surface area contributed by atoms with E-state index in [2.05, 4.69) is 23.4 Å². The van der Waals surface area contributed by atoms with Gasteiger partial charge in [0.15, 0.2) is 5.69 Å². The van der Waals surface area contributed by atoms with E-state index in [4.69, 9.17) is 32.9 Å². The van der Waals surface area contributed by atoms with Crippen LogP contribution in [0.1, 0.15) is 53.2 Å². The minimum absolute atomic E-state index is 0.0199. The predicted molar refractivity (Wildman–Crippen MR) is 139 cm³/mol. The van der Waals surface area contributed by atoms with Crippen LogP contribution in [0.5, 0.6) is 5.75 Å². The normalized spacial score (nSPS) is 15.1. The van der Waals surface area contributed by atoms with Gasteiger partial charge in [0.25, 0.3) is 5.91 Å². The lowest BCUT2D eigenvalue weighted by molar-refractivity contribution is 0.0989. The average Bonchev–Trinajstić information content (AvgIpc) is 3.35. The lowest BCUT2D eigenvalue weighted by atomic mass is 10.0. The van der Waals surface area contributed by atoms with Gasteiger partial charge in [-0.1, -0.05) is 47.0 Å². The van der Waals surface area contributed by atoms with Crippen molar-refractivity contribution in [2.45, 2.75) is 32.9 Å². The van der Waals surface area contributed by atoms with Crippen LogP contribution in [-0.2, 0) is 0 Å². The highest BCUT2D eigenvalue weighted by Crippen LogP contribution is 2.45. The number of nitrogens with zero attached hydrogens (tertiary/aromatic N) is 4. The predicted octanol–water partition coefficient (Wildman–Crippen LogP) is 6.90. The second-order valence-electron chi connectivity index (χ2n) is 8.83. The van der Waals surface area contributed by atoms with Crippen molar-refractivity contribution in [1.29, 1.82) is 0 Å². The van der Waals surface area contributed by atoms with Gasteiger partial charge in [0.05, 0.1) is 35.3 Å². The molecule has 4 aromatic rings. The number of ether oxygens (including phenoxy) is 1. The highest BCUT2D eigenvalue weighted by atomic mass is 35.5. The summed E-state index contributed by atoms with van der Waals surface area (Å²) < 4.78 is 7.79. The third-order valence-corrected chi connectivity index (χ3v) is 6.61. The molecule has 0 bridgehead atoms. The zero-order valence-electron chi connectivity index (χ0n) is 19.8. The lowest BCUT2D eigenvalue weighted by Crippen LogP contribution is -2.30. The second-order valence-corrected chi connectivity index (χ2v) is 9.70. The Kier molecular flexibility index (Phi) is 6.03. The molecule has 0 N–H and O–H groups in total. The first kappa shape index (κ1) is 23.4. The molecule has 1 aliphatic rings. The highest BCUT2D eigenvalue weighted by molar-refractivity contribution is 6.31. The number of aryl methyl sites for hydroxylation is 1. The molecule has 1 aliphatic heterocycles. The van der Waals surface area contributed by atoms with Crippen molar-refractivity contribution in [2.24, 2.45) is 0 Å². The number of benzene rings is 2. The van der Waals surface area contributed by atoms with E-state index in [1.807, 2.05) is 49.4 Å². The molecule has 1 atom stereocenters. The van der Waals surface area contributed by atoms with Gasteiger partial charge in [0.1, 0.15) is 17.6 Å². The van der Waals surface area contributed by atoms with Crippen LogP contribution in [0.3, 0.4) is 0 Å². The van der Waals surface area contributed by atoms with Crippen LogP contribution in [0.25, 0.3) is 11.4 Å². The number of imidazole rings is 1. The molecule has 1 amide bonds. The molecule has 0 saturated carbocycles. The van der Waals surface area contributed by atoms with Gasteiger partial charge < -0.3 is 9.30 Å². The number of carbonyl (C=O) groups excluding carboxylic acids is 1. The van der Waals surface area contributed by atoms with E-state index in [0.29, 0.717) is 33.0 Å². The number of hydrogen-bond donors (Lipinski definition) is 0. The molecule has 5 rings (SSSR count). The van der Waals surface area contributed by atoms with Crippen LogP contribution in [-0.4, -0.2) is 27.6 Å². The standard InChI is InChI=1S/C27H24Cl2N4O2/c1-15(2)32-25-23(31-26(32)21-11-16(3)5-10-22(21)35-4)27(34)33(20-12-19(29)13-30-14-20)24(25)17-6-8-18(28)9-7-17/h5-15,24H,1-4H3. The minimum Gasteiger partial charge on any atom is -0.496 e. The summed E-state index contributed by atoms with van der Waals surface area (Å²) in [5.41, 5.74) is 4.64. The van der Waals surface area contributed by atoms with E-state index in [0.717, 1.165) is 22.4 Å². The van der Waals surface area contributed by atoms with Crippen LogP contribution in [0.15, 0.2) is 60.9 Å². The number of aromatic nitrogens is 3. The molecular weight excluding hydrogens is 483 g/mol. The Hall–Kier alpha value is -3.35. The van der Waals surface area contributed by atoms with Gasteiger partial charge in [-0.2, -0.15) is 0 Å². The lowest BCUT2D eigenvalue weighted by Gasteiger charge is -2.28. The fourth-order valence-corrected chi connectivity index (χ4v) is 4.97. The molecule has 2 aromatic heterocycles. The summed E-state index contributed by atoms with van der Waals surface area (Å²) in [5, 5.41) is 1.07. The third-order valence-electron chi connectivity index (χ3n) is 6.15. The van der Waals surface area contributed by atoms with E-state index in [1.54, 1.807) is 30.5 Å². The summed E-state index contributed by atoms with van der Waals surface area (Å²) in [7, 11) is 1.64. The number of amides is 1. The minimum atomic E-state index is -0.436. The highest BCUT2D eigenvalue weighted by Gasteiger charge is 2.45. The second kappa shape index (κ2) is 9.02. The van der Waals surface area contributed by atoms with Crippen molar-refractivity contribution in [1.82, 2.24) is 14.5 Å². The molecule has 1 unspecified atom stereocenters. The summed E-state index contributed by atoms with van der Waals surface area (Å²) in [6.07, 6.45) is 3.19. The van der Waals surface area contributed by atoms with Gasteiger partial charge in [0, 0.05) is 17.3 Å². The number of carbonyl (C=O) groups is 1. The average molecular weight is 507 g/mol. The topological polar surface area (TPSA) is 60.2 Å². The molecular formula is C27H24Cl2N4O2. The zero-order chi connectivity index (χ0) is 24.9. The van der Waals surface area contributed by atoms with Crippen molar-refractivity contribution < 1.29 is 9.53 Å². The molecule has 178 valence electrons. The molecule has 0 aliphatic carbocycles. The number of anilines is 1. The van der Waals surface area contributed by atoms with Gasteiger partial charge in [-0.15, -0.1) is 0 Å². The maximum absolute atomic E-state index is 13.9. The van der Waals surface area contributed by atoms with Crippen molar-refractivity contribution >= 4 is 34.8 Å². The molecule has 0 fully saturated rings. The van der Waals surface area contributed by atoms with E-state index < -0.39 is 6.04 Å². The van der Waals surface area contributed by atoms with E-state index in [-0.39, 0.29) is 11.9 Å². The van der Waals surface area contributed by atoms with Crippen LogP contribution >= 0.6 is 23.2 Å². The first-order valence-corrected chi connectivity index (χ1v) is 12.0. The molecule has 6 nitrogen and oxygen atoms in total. The van der Waals surface area contributed by atoms with E-state index >= 15 is 0 Å². The summed E-state index contributed by atoms with van der Waals surface area (Å²) in [4.78, 5) is 24.8. The summed E-state index contributed by atoms with van der Waals surface area (Å²) in [6, 6.07) is 14.8. The van der Waals surface area contributed by atoms with Crippen molar-refractivity contribution in [3.8, 4) is 17.1 Å². The maximum Gasteiger partial charge on any atom is 0.279 e. The Labute approximate surface area is 214 Å². The summed E-state index contributed by atoms with van der Waals surface area (Å²) in [5.74, 6) is 1.19. The van der Waals surface area contributed by atoms with Crippen molar-refractivity contribution in [3.05, 3.63) is 93.5 Å². The maximum atomic E-state index is 13.9. The first-order chi connectivity index (χ1) is 16.8. The Morgan fingerprint density at radius 2 is 1.74 bits per heavy atom. The molecule has 0 spiro atoms. The smallest absolute Gasteiger partial charge is 0.279 e. The molecule has 3 heterocycles. The Morgan fingerprint density at radius 3 is 2.40 bits per heavy atom. The van der Waals surface area contributed by atoms with Gasteiger partial charge >= 0.3 is 0 Å². The fraction of sp³-hybridized carbons (Fsp3) is 0.222. The number of rotatable bonds is 5. The molecule has 8 heteroatoms. The van der Waals surface area contributed by atoms with Crippen molar-refractivity contribution in [3.63, 3.8) is 0 Å². The Bertz CT molecular complexity index is 1430.